The Morgan fingerprint density at radius 1 is 1.04 bits per heavy atom. The van der Waals surface area contributed by atoms with Gasteiger partial charge < -0.3 is 14.2 Å². The Kier molecular flexibility index (Phi) is 5.71. The zero-order chi connectivity index (χ0) is 16.8. The summed E-state index contributed by atoms with van der Waals surface area (Å²) in [4.78, 5) is 13.9. The average molecular weight is 336 g/mol. The maximum absolute atomic E-state index is 12.6. The normalized spacial score (nSPS) is 10.1. The third kappa shape index (κ3) is 3.51. The number of hydrogen-bond acceptors (Lipinski definition) is 4. The minimum atomic E-state index is -0.566. The van der Waals surface area contributed by atoms with Gasteiger partial charge in [-0.2, -0.15) is 0 Å². The molecule has 0 heterocycles. The van der Waals surface area contributed by atoms with E-state index in [-0.39, 0.29) is 6.61 Å². The van der Waals surface area contributed by atoms with E-state index in [0.717, 1.165) is 0 Å². The quantitative estimate of drug-likeness (QED) is 0.797. The highest BCUT2D eigenvalue weighted by Crippen LogP contribution is 2.43. The number of anilines is 2. The number of methoxy groups -OCH3 is 2. The predicted molar refractivity (Wildman–Crippen MR) is 90.2 cm³/mol. The number of benzene rings is 2. The molecule has 6 heteroatoms. The highest BCUT2D eigenvalue weighted by Gasteiger charge is 2.27. The Hall–Kier alpha value is -2.40. The van der Waals surface area contributed by atoms with E-state index in [2.05, 4.69) is 0 Å². The van der Waals surface area contributed by atoms with E-state index < -0.39 is 6.09 Å². The molecule has 5 nitrogen and oxygen atoms in total. The zero-order valence-electron chi connectivity index (χ0n) is 13.2. The second-order valence-electron chi connectivity index (χ2n) is 4.50. The molecular formula is C17H18ClNO4. The van der Waals surface area contributed by atoms with E-state index in [1.807, 2.05) is 6.07 Å². The summed E-state index contributed by atoms with van der Waals surface area (Å²) in [5.41, 5.74) is 0.916. The molecule has 0 atom stereocenters. The van der Waals surface area contributed by atoms with E-state index in [4.69, 9.17) is 25.8 Å². The van der Waals surface area contributed by atoms with Crippen LogP contribution in [0.4, 0.5) is 16.2 Å². The molecule has 122 valence electrons. The second-order valence-corrected chi connectivity index (χ2v) is 4.90. The van der Waals surface area contributed by atoms with E-state index in [0.29, 0.717) is 27.9 Å². The van der Waals surface area contributed by atoms with Gasteiger partial charge in [-0.25, -0.2) is 9.69 Å². The first-order chi connectivity index (χ1) is 11.1. The molecule has 2 rings (SSSR count). The SMILES string of the molecule is CCOC(=O)N(c1ccccc1OC)c1c(Cl)cccc1OC. The first-order valence-corrected chi connectivity index (χ1v) is 7.44. The lowest BCUT2D eigenvalue weighted by Crippen LogP contribution is -2.28. The van der Waals surface area contributed by atoms with Crippen molar-refractivity contribution >= 4 is 29.1 Å². The summed E-state index contributed by atoms with van der Waals surface area (Å²) in [5, 5.41) is 0.364. The maximum Gasteiger partial charge on any atom is 0.419 e. The fraction of sp³-hybridized carbons (Fsp3) is 0.235. The van der Waals surface area contributed by atoms with Crippen LogP contribution >= 0.6 is 11.6 Å². The van der Waals surface area contributed by atoms with Gasteiger partial charge in [0.25, 0.3) is 0 Å². The summed E-state index contributed by atoms with van der Waals surface area (Å²) in [7, 11) is 3.05. The van der Waals surface area contributed by atoms with E-state index in [1.165, 1.54) is 19.1 Å². The van der Waals surface area contributed by atoms with Crippen LogP contribution in [-0.4, -0.2) is 26.9 Å². The molecule has 0 spiro atoms. The van der Waals surface area contributed by atoms with Crippen LogP contribution in [0, 0.1) is 0 Å². The van der Waals surface area contributed by atoms with Gasteiger partial charge in [0.05, 0.1) is 31.5 Å². The van der Waals surface area contributed by atoms with E-state index >= 15 is 0 Å². The van der Waals surface area contributed by atoms with Gasteiger partial charge in [-0.1, -0.05) is 29.8 Å². The zero-order valence-corrected chi connectivity index (χ0v) is 14.0. The topological polar surface area (TPSA) is 48.0 Å². The van der Waals surface area contributed by atoms with E-state index in [9.17, 15) is 4.79 Å². The third-order valence-electron chi connectivity index (χ3n) is 3.17. The molecule has 0 aliphatic carbocycles. The van der Waals surface area contributed by atoms with Crippen molar-refractivity contribution < 1.29 is 19.0 Å². The standard InChI is InChI=1S/C17H18ClNO4/c1-4-23-17(20)19(13-9-5-6-10-14(13)21-2)16-12(18)8-7-11-15(16)22-3/h5-11H,4H2,1-3H3. The van der Waals surface area contributed by atoms with Gasteiger partial charge in [-0.15, -0.1) is 0 Å². The van der Waals surface area contributed by atoms with Crippen molar-refractivity contribution in [2.45, 2.75) is 6.92 Å². The van der Waals surface area contributed by atoms with Crippen molar-refractivity contribution in [3.63, 3.8) is 0 Å². The lowest BCUT2D eigenvalue weighted by atomic mass is 10.2. The Bertz CT molecular complexity index is 690. The lowest BCUT2D eigenvalue weighted by Gasteiger charge is -2.26. The Balaban J connectivity index is 2.67. The molecule has 0 fully saturated rings. The van der Waals surface area contributed by atoms with Gasteiger partial charge >= 0.3 is 6.09 Å². The number of halogens is 1. The van der Waals surface area contributed by atoms with Crippen LogP contribution in [-0.2, 0) is 4.74 Å². The Labute approximate surface area is 140 Å². The van der Waals surface area contributed by atoms with Crippen molar-refractivity contribution in [1.29, 1.82) is 0 Å². The fourth-order valence-electron chi connectivity index (χ4n) is 2.19. The van der Waals surface area contributed by atoms with Crippen molar-refractivity contribution in [3.8, 4) is 11.5 Å². The molecule has 0 aromatic heterocycles. The van der Waals surface area contributed by atoms with Crippen LogP contribution in [0.3, 0.4) is 0 Å². The third-order valence-corrected chi connectivity index (χ3v) is 3.47. The maximum atomic E-state index is 12.6. The Morgan fingerprint density at radius 2 is 1.70 bits per heavy atom. The van der Waals surface area contributed by atoms with Crippen LogP contribution in [0.1, 0.15) is 6.92 Å². The van der Waals surface area contributed by atoms with Gasteiger partial charge in [0.2, 0.25) is 0 Å². The summed E-state index contributed by atoms with van der Waals surface area (Å²) in [6.07, 6.45) is -0.566. The number of rotatable bonds is 5. The lowest BCUT2D eigenvalue weighted by molar-refractivity contribution is 0.162. The molecule has 0 N–H and O–H groups in total. The molecule has 2 aromatic carbocycles. The first-order valence-electron chi connectivity index (χ1n) is 7.06. The molecule has 0 bridgehead atoms. The monoisotopic (exact) mass is 335 g/mol. The summed E-state index contributed by atoms with van der Waals surface area (Å²) in [6, 6.07) is 12.3. The molecule has 2 aromatic rings. The smallest absolute Gasteiger partial charge is 0.419 e. The number of nitrogens with zero attached hydrogens (tertiary/aromatic N) is 1. The minimum absolute atomic E-state index is 0.233. The molecule has 0 radical (unpaired) electrons. The van der Waals surface area contributed by atoms with Gasteiger partial charge in [0, 0.05) is 0 Å². The van der Waals surface area contributed by atoms with Crippen molar-refractivity contribution in [2.24, 2.45) is 0 Å². The number of amides is 1. The summed E-state index contributed by atoms with van der Waals surface area (Å²) in [6.45, 7) is 1.97. The molecule has 0 saturated carbocycles. The second kappa shape index (κ2) is 7.74. The molecule has 23 heavy (non-hydrogen) atoms. The fourth-order valence-corrected chi connectivity index (χ4v) is 2.44. The van der Waals surface area contributed by atoms with Crippen LogP contribution < -0.4 is 14.4 Å². The van der Waals surface area contributed by atoms with Crippen LogP contribution in [0.5, 0.6) is 11.5 Å². The van der Waals surface area contributed by atoms with Crippen molar-refractivity contribution in [3.05, 3.63) is 47.5 Å². The van der Waals surface area contributed by atoms with Crippen LogP contribution in [0.2, 0.25) is 5.02 Å². The Morgan fingerprint density at radius 3 is 2.35 bits per heavy atom. The summed E-state index contributed by atoms with van der Waals surface area (Å²) in [5.74, 6) is 0.971. The van der Waals surface area contributed by atoms with Crippen molar-refractivity contribution in [2.75, 3.05) is 25.7 Å². The van der Waals surface area contributed by atoms with Crippen LogP contribution in [0.25, 0.3) is 0 Å². The largest absolute Gasteiger partial charge is 0.495 e. The highest BCUT2D eigenvalue weighted by atomic mass is 35.5. The van der Waals surface area contributed by atoms with Crippen molar-refractivity contribution in [1.82, 2.24) is 0 Å². The van der Waals surface area contributed by atoms with Gasteiger partial charge in [0.1, 0.15) is 17.2 Å². The number of ether oxygens (including phenoxy) is 3. The molecular weight excluding hydrogens is 318 g/mol. The first kappa shape index (κ1) is 17.0. The minimum Gasteiger partial charge on any atom is -0.495 e. The molecule has 0 unspecified atom stereocenters. The van der Waals surface area contributed by atoms with Gasteiger partial charge in [-0.05, 0) is 31.2 Å². The van der Waals surface area contributed by atoms with Gasteiger partial charge in [0.15, 0.2) is 0 Å². The number of carbonyl (C=O) groups excluding carboxylic acids is 1. The molecule has 0 saturated heterocycles. The average Bonchev–Trinajstić information content (AvgIpc) is 2.57. The summed E-state index contributed by atoms with van der Waals surface area (Å²) < 4.78 is 15.9. The number of carbonyl (C=O) groups is 1. The number of para-hydroxylation sites is 3. The molecule has 0 aliphatic heterocycles. The highest BCUT2D eigenvalue weighted by molar-refractivity contribution is 6.34. The molecule has 0 aliphatic rings. The number of hydrogen-bond donors (Lipinski definition) is 0. The molecule has 1 amide bonds. The van der Waals surface area contributed by atoms with Gasteiger partial charge in [-0.3, -0.25) is 0 Å². The van der Waals surface area contributed by atoms with Crippen LogP contribution in [0.15, 0.2) is 42.5 Å². The predicted octanol–water partition coefficient (Wildman–Crippen LogP) is 4.65. The summed E-state index contributed by atoms with van der Waals surface area (Å²) >= 11 is 6.32. The van der Waals surface area contributed by atoms with E-state index in [1.54, 1.807) is 43.3 Å².